The van der Waals surface area contributed by atoms with Crippen LogP contribution in [0.3, 0.4) is 0 Å². The molecule has 4 rings (SSSR count). The molecule has 0 aromatic carbocycles. The summed E-state index contributed by atoms with van der Waals surface area (Å²) in [5, 5.41) is 3.42. The third kappa shape index (κ3) is 3.56. The maximum absolute atomic E-state index is 13.3. The number of fused-ring (bicyclic) bond motifs is 2. The van der Waals surface area contributed by atoms with Crippen molar-refractivity contribution in [2.24, 2.45) is 7.05 Å². The molecule has 7 heteroatoms. The van der Waals surface area contributed by atoms with Gasteiger partial charge in [0.25, 0.3) is 5.91 Å². The first-order chi connectivity index (χ1) is 13.1. The van der Waals surface area contributed by atoms with E-state index < -0.39 is 0 Å². The molecule has 2 aromatic rings. The molecule has 2 aliphatic heterocycles. The van der Waals surface area contributed by atoms with Gasteiger partial charge in [0.1, 0.15) is 5.82 Å². The molecule has 2 aromatic heterocycles. The number of aryl methyl sites for hydroxylation is 1. The zero-order valence-electron chi connectivity index (χ0n) is 16.2. The third-order valence-corrected chi connectivity index (χ3v) is 6.85. The number of thiophene rings is 1. The highest BCUT2D eigenvalue weighted by molar-refractivity contribution is 7.14. The number of imidazole rings is 1. The standard InChI is InChI=1S/C20H28N4O2S/c1-3-10-24(14-18-22-9-11-23(18)2)19(25)17-13-15-16(27-17)4-12-26-20(15)5-7-21-8-6-20/h9,11,13,21H,3-8,10,12,14H2,1-2H3. The minimum Gasteiger partial charge on any atom is -0.370 e. The van der Waals surface area contributed by atoms with Gasteiger partial charge in [0.15, 0.2) is 0 Å². The Morgan fingerprint density at radius 2 is 2.26 bits per heavy atom. The van der Waals surface area contributed by atoms with E-state index in [-0.39, 0.29) is 11.5 Å². The van der Waals surface area contributed by atoms with Crippen molar-refractivity contribution in [3.63, 3.8) is 0 Å². The summed E-state index contributed by atoms with van der Waals surface area (Å²) < 4.78 is 8.24. The van der Waals surface area contributed by atoms with Gasteiger partial charge >= 0.3 is 0 Å². The average Bonchev–Trinajstić information content (AvgIpc) is 3.29. The van der Waals surface area contributed by atoms with Crippen molar-refractivity contribution in [2.45, 2.75) is 44.8 Å². The lowest BCUT2D eigenvalue weighted by Gasteiger charge is -2.40. The summed E-state index contributed by atoms with van der Waals surface area (Å²) in [6, 6.07) is 2.12. The number of amides is 1. The van der Waals surface area contributed by atoms with E-state index in [1.54, 1.807) is 17.5 Å². The molecule has 1 spiro atoms. The van der Waals surface area contributed by atoms with Crippen LogP contribution in [0, 0.1) is 0 Å². The van der Waals surface area contributed by atoms with Crippen LogP contribution in [0.25, 0.3) is 0 Å². The number of carbonyl (C=O) groups is 1. The molecule has 6 nitrogen and oxygen atoms in total. The Morgan fingerprint density at radius 3 is 2.96 bits per heavy atom. The summed E-state index contributed by atoms with van der Waals surface area (Å²) in [6.07, 6.45) is 7.51. The molecule has 0 radical (unpaired) electrons. The molecule has 0 saturated carbocycles. The SMILES string of the molecule is CCCN(Cc1nccn1C)C(=O)c1cc2c(s1)CCOC21CCNCC1. The minimum absolute atomic E-state index is 0.114. The van der Waals surface area contributed by atoms with Crippen molar-refractivity contribution >= 4 is 17.2 Å². The van der Waals surface area contributed by atoms with Crippen molar-refractivity contribution in [3.05, 3.63) is 39.6 Å². The van der Waals surface area contributed by atoms with Gasteiger partial charge in [0, 0.05) is 37.3 Å². The molecule has 1 fully saturated rings. The van der Waals surface area contributed by atoms with Crippen LogP contribution in [-0.2, 0) is 30.4 Å². The maximum atomic E-state index is 13.3. The molecule has 146 valence electrons. The number of aromatic nitrogens is 2. The Balaban J connectivity index is 1.60. The molecular weight excluding hydrogens is 360 g/mol. The minimum atomic E-state index is -0.191. The van der Waals surface area contributed by atoms with E-state index in [4.69, 9.17) is 4.74 Å². The number of piperidine rings is 1. The zero-order chi connectivity index (χ0) is 18.9. The van der Waals surface area contributed by atoms with Crippen LogP contribution in [-0.4, -0.2) is 46.6 Å². The smallest absolute Gasteiger partial charge is 0.264 e. The fourth-order valence-electron chi connectivity index (χ4n) is 4.16. The molecule has 4 heterocycles. The second kappa shape index (κ2) is 7.73. The Morgan fingerprint density at radius 1 is 1.44 bits per heavy atom. The normalized spacial score (nSPS) is 18.4. The molecule has 1 N–H and O–H groups in total. The molecule has 27 heavy (non-hydrogen) atoms. The first-order valence-electron chi connectivity index (χ1n) is 9.86. The number of rotatable bonds is 5. The number of nitrogens with zero attached hydrogens (tertiary/aromatic N) is 3. The van der Waals surface area contributed by atoms with Crippen LogP contribution in [0.5, 0.6) is 0 Å². The van der Waals surface area contributed by atoms with Gasteiger partial charge in [-0.15, -0.1) is 11.3 Å². The molecule has 0 aliphatic carbocycles. The number of hydrogen-bond acceptors (Lipinski definition) is 5. The average molecular weight is 389 g/mol. The number of nitrogens with one attached hydrogen (secondary N) is 1. The first-order valence-corrected chi connectivity index (χ1v) is 10.7. The highest BCUT2D eigenvalue weighted by Crippen LogP contribution is 2.43. The van der Waals surface area contributed by atoms with Crippen LogP contribution in [0.4, 0.5) is 0 Å². The quantitative estimate of drug-likeness (QED) is 0.856. The van der Waals surface area contributed by atoms with Gasteiger partial charge in [0.2, 0.25) is 0 Å². The van der Waals surface area contributed by atoms with Crippen LogP contribution in [0.15, 0.2) is 18.5 Å². The zero-order valence-corrected chi connectivity index (χ0v) is 17.0. The van der Waals surface area contributed by atoms with Gasteiger partial charge in [0.05, 0.1) is 23.6 Å². The van der Waals surface area contributed by atoms with Gasteiger partial charge in [-0.05, 0) is 44.0 Å². The monoisotopic (exact) mass is 388 g/mol. The summed E-state index contributed by atoms with van der Waals surface area (Å²) in [5.41, 5.74) is 1.07. The number of ether oxygens (including phenoxy) is 1. The van der Waals surface area contributed by atoms with E-state index >= 15 is 0 Å². The third-order valence-electron chi connectivity index (χ3n) is 5.66. The van der Waals surface area contributed by atoms with Crippen LogP contribution >= 0.6 is 11.3 Å². The second-order valence-corrected chi connectivity index (χ2v) is 8.61. The van der Waals surface area contributed by atoms with Crippen LogP contribution in [0.1, 0.15) is 52.1 Å². The lowest BCUT2D eigenvalue weighted by atomic mass is 9.83. The fraction of sp³-hybridized carbons (Fsp3) is 0.600. The van der Waals surface area contributed by atoms with Gasteiger partial charge in [-0.2, -0.15) is 0 Å². The van der Waals surface area contributed by atoms with Crippen LogP contribution in [0.2, 0.25) is 0 Å². The fourth-order valence-corrected chi connectivity index (χ4v) is 5.36. The largest absolute Gasteiger partial charge is 0.370 e. The molecule has 0 bridgehead atoms. The van der Waals surface area contributed by atoms with Crippen molar-refractivity contribution in [2.75, 3.05) is 26.2 Å². The predicted molar refractivity (Wildman–Crippen MR) is 106 cm³/mol. The van der Waals surface area contributed by atoms with Gasteiger partial charge < -0.3 is 19.5 Å². The van der Waals surface area contributed by atoms with E-state index in [2.05, 4.69) is 23.3 Å². The van der Waals surface area contributed by atoms with E-state index in [1.807, 2.05) is 22.7 Å². The van der Waals surface area contributed by atoms with E-state index in [0.29, 0.717) is 6.54 Å². The van der Waals surface area contributed by atoms with E-state index in [1.165, 1.54) is 10.4 Å². The Hall–Kier alpha value is -1.70. The second-order valence-electron chi connectivity index (χ2n) is 7.47. The molecule has 0 atom stereocenters. The predicted octanol–water partition coefficient (Wildman–Crippen LogP) is 2.69. The Bertz CT molecular complexity index is 807. The van der Waals surface area contributed by atoms with Crippen LogP contribution < -0.4 is 5.32 Å². The molecule has 0 unspecified atom stereocenters. The van der Waals surface area contributed by atoms with Crippen molar-refractivity contribution in [1.82, 2.24) is 19.8 Å². The molecule has 1 saturated heterocycles. The van der Waals surface area contributed by atoms with Gasteiger partial charge in [-0.1, -0.05) is 6.92 Å². The lowest BCUT2D eigenvalue weighted by molar-refractivity contribution is -0.0792. The summed E-state index contributed by atoms with van der Waals surface area (Å²) in [5.74, 6) is 1.03. The number of hydrogen-bond donors (Lipinski definition) is 1. The summed E-state index contributed by atoms with van der Waals surface area (Å²) in [7, 11) is 1.97. The first kappa shape index (κ1) is 18.7. The van der Waals surface area contributed by atoms with Gasteiger partial charge in [-0.3, -0.25) is 4.79 Å². The summed E-state index contributed by atoms with van der Waals surface area (Å²) in [4.78, 5) is 21.8. The number of carbonyl (C=O) groups excluding carboxylic acids is 1. The summed E-state index contributed by atoms with van der Waals surface area (Å²) in [6.45, 7) is 6.09. The lowest BCUT2D eigenvalue weighted by Crippen LogP contribution is -2.44. The Labute approximate surface area is 164 Å². The molecular formula is C20H28N4O2S. The van der Waals surface area contributed by atoms with Crippen molar-refractivity contribution in [1.29, 1.82) is 0 Å². The van der Waals surface area contributed by atoms with E-state index in [0.717, 1.165) is 62.6 Å². The van der Waals surface area contributed by atoms with E-state index in [9.17, 15) is 4.79 Å². The topological polar surface area (TPSA) is 59.4 Å². The van der Waals surface area contributed by atoms with Crippen molar-refractivity contribution < 1.29 is 9.53 Å². The highest BCUT2D eigenvalue weighted by Gasteiger charge is 2.41. The Kier molecular flexibility index (Phi) is 5.34. The maximum Gasteiger partial charge on any atom is 0.264 e. The molecule has 2 aliphatic rings. The van der Waals surface area contributed by atoms with Crippen molar-refractivity contribution in [3.8, 4) is 0 Å². The van der Waals surface area contributed by atoms with Gasteiger partial charge in [-0.25, -0.2) is 4.98 Å². The molecule has 1 amide bonds. The summed E-state index contributed by atoms with van der Waals surface area (Å²) >= 11 is 1.66. The highest BCUT2D eigenvalue weighted by atomic mass is 32.1.